The zero-order valence-corrected chi connectivity index (χ0v) is 13.1. The molecule has 2 aromatic rings. The lowest BCUT2D eigenvalue weighted by Crippen LogP contribution is -2.27. The average molecular weight is 292 g/mol. The zero-order valence-electron chi connectivity index (χ0n) is 13.1. The summed E-state index contributed by atoms with van der Waals surface area (Å²) < 4.78 is 1.83. The lowest BCUT2D eigenvalue weighted by Gasteiger charge is -2.29. The number of hydrogen-bond donors (Lipinski definition) is 0. The van der Waals surface area contributed by atoms with Gasteiger partial charge in [-0.3, -0.25) is 0 Å². The molecule has 0 saturated heterocycles. The molecule has 0 amide bonds. The molecular weight excluding hydrogens is 272 g/mol. The van der Waals surface area contributed by atoms with Crippen LogP contribution in [0.15, 0.2) is 55.1 Å². The lowest BCUT2D eigenvalue weighted by atomic mass is 9.95. The van der Waals surface area contributed by atoms with Gasteiger partial charge in [0.15, 0.2) is 0 Å². The number of rotatable bonds is 3. The van der Waals surface area contributed by atoms with Gasteiger partial charge in [0, 0.05) is 37.0 Å². The second kappa shape index (κ2) is 5.64. The van der Waals surface area contributed by atoms with Gasteiger partial charge in [-0.2, -0.15) is 0 Å². The van der Waals surface area contributed by atoms with Crippen LogP contribution in [0.2, 0.25) is 0 Å². The number of fused-ring (bicyclic) bond motifs is 3. The van der Waals surface area contributed by atoms with Crippen LogP contribution in [-0.4, -0.2) is 28.1 Å². The first kappa shape index (κ1) is 14.3. The number of hydrogen-bond acceptors (Lipinski definition) is 3. The predicted molar refractivity (Wildman–Crippen MR) is 91.6 cm³/mol. The number of nitrogens with zero attached hydrogens (tertiary/aromatic N) is 4. The maximum atomic E-state index is 4.38. The Morgan fingerprint density at radius 3 is 2.68 bits per heavy atom. The van der Waals surface area contributed by atoms with Crippen LogP contribution in [0.4, 0.5) is 5.69 Å². The fourth-order valence-electron chi connectivity index (χ4n) is 3.00. The number of benzene rings is 1. The Kier molecular flexibility index (Phi) is 3.67. The molecule has 0 unspecified atom stereocenters. The number of likely N-dealkylation sites (N-methyl/N-ethyl adjacent to an activating group) is 1. The molecule has 4 nitrogen and oxygen atoms in total. The first-order chi connectivity index (χ1) is 10.7. The molecule has 22 heavy (non-hydrogen) atoms. The Labute approximate surface area is 131 Å². The van der Waals surface area contributed by atoms with Gasteiger partial charge in [0.05, 0.1) is 5.69 Å². The van der Waals surface area contributed by atoms with Crippen molar-refractivity contribution in [1.29, 1.82) is 0 Å². The summed E-state index contributed by atoms with van der Waals surface area (Å²) in [6.07, 6.45) is 3.75. The van der Waals surface area contributed by atoms with Gasteiger partial charge in [0.1, 0.15) is 5.69 Å². The Balaban J connectivity index is 2.39. The van der Waals surface area contributed by atoms with E-state index < -0.39 is 0 Å². The van der Waals surface area contributed by atoms with Gasteiger partial charge in [0.25, 0.3) is 0 Å². The summed E-state index contributed by atoms with van der Waals surface area (Å²) in [5.41, 5.74) is 6.35. The van der Waals surface area contributed by atoms with Crippen molar-refractivity contribution in [3.8, 4) is 11.3 Å². The van der Waals surface area contributed by atoms with Crippen LogP contribution in [-0.2, 0) is 7.05 Å². The van der Waals surface area contributed by atoms with Gasteiger partial charge in [0.2, 0.25) is 0 Å². The first-order valence-electron chi connectivity index (χ1n) is 7.43. The number of anilines is 1. The van der Waals surface area contributed by atoms with Gasteiger partial charge in [-0.05, 0) is 18.6 Å². The molecule has 3 rings (SSSR count). The van der Waals surface area contributed by atoms with E-state index in [1.807, 2.05) is 23.9 Å². The van der Waals surface area contributed by atoms with E-state index in [4.69, 9.17) is 0 Å². The molecule has 0 spiro atoms. The Hall–Kier alpha value is -2.62. The number of aromatic nitrogens is 3. The van der Waals surface area contributed by atoms with E-state index >= 15 is 0 Å². The van der Waals surface area contributed by atoms with Crippen LogP contribution in [0.5, 0.6) is 0 Å². The molecule has 4 heteroatoms. The third kappa shape index (κ3) is 2.08. The van der Waals surface area contributed by atoms with Crippen LogP contribution in [0.1, 0.15) is 12.6 Å². The minimum Gasteiger partial charge on any atom is -0.367 e. The Bertz CT molecular complexity index is 767. The highest BCUT2D eigenvalue weighted by Gasteiger charge is 2.24. The van der Waals surface area contributed by atoms with E-state index in [-0.39, 0.29) is 0 Å². The van der Waals surface area contributed by atoms with Crippen molar-refractivity contribution in [2.45, 2.75) is 6.92 Å². The summed E-state index contributed by atoms with van der Waals surface area (Å²) in [4.78, 5) is 2.34. The van der Waals surface area contributed by atoms with Gasteiger partial charge in [-0.25, -0.2) is 4.68 Å². The normalized spacial score (nSPS) is 17.3. The van der Waals surface area contributed by atoms with Crippen molar-refractivity contribution < 1.29 is 0 Å². The van der Waals surface area contributed by atoms with E-state index in [1.54, 1.807) is 0 Å². The molecule has 2 heterocycles. The molecule has 0 atom stereocenters. The number of para-hydroxylation sites is 1. The van der Waals surface area contributed by atoms with Crippen molar-refractivity contribution in [3.63, 3.8) is 0 Å². The topological polar surface area (TPSA) is 34.0 Å². The van der Waals surface area contributed by atoms with E-state index in [0.29, 0.717) is 0 Å². The number of aryl methyl sites for hydroxylation is 1. The molecule has 0 saturated carbocycles. The largest absolute Gasteiger partial charge is 0.367 e. The monoisotopic (exact) mass is 292 g/mol. The molecule has 0 fully saturated rings. The van der Waals surface area contributed by atoms with Crippen molar-refractivity contribution >= 4 is 11.3 Å². The summed E-state index contributed by atoms with van der Waals surface area (Å²) >= 11 is 0. The fraction of sp³-hybridized carbons (Fsp3) is 0.222. The number of allylic oxidation sites excluding steroid dienone is 2. The molecule has 1 aromatic heterocycles. The molecule has 0 aliphatic carbocycles. The van der Waals surface area contributed by atoms with Crippen molar-refractivity contribution in [2.75, 3.05) is 18.0 Å². The van der Waals surface area contributed by atoms with E-state index in [1.165, 1.54) is 5.69 Å². The highest BCUT2D eigenvalue weighted by atomic mass is 15.4. The molecule has 0 radical (unpaired) electrons. The van der Waals surface area contributed by atoms with Crippen LogP contribution < -0.4 is 4.90 Å². The Morgan fingerprint density at radius 1 is 1.23 bits per heavy atom. The van der Waals surface area contributed by atoms with E-state index in [0.717, 1.165) is 41.2 Å². The predicted octanol–water partition coefficient (Wildman–Crippen LogP) is 3.45. The minimum absolute atomic E-state index is 0.786. The molecule has 1 aliphatic heterocycles. The molecule has 1 aromatic carbocycles. The van der Waals surface area contributed by atoms with Crippen LogP contribution in [0, 0.1) is 0 Å². The summed E-state index contributed by atoms with van der Waals surface area (Å²) in [6, 6.07) is 8.39. The van der Waals surface area contributed by atoms with Crippen molar-refractivity contribution in [2.24, 2.45) is 7.05 Å². The summed E-state index contributed by atoms with van der Waals surface area (Å²) in [6.45, 7) is 11.8. The average Bonchev–Trinajstić information content (AvgIpc) is 2.91. The second-order valence-electron chi connectivity index (χ2n) is 5.29. The lowest BCUT2D eigenvalue weighted by molar-refractivity contribution is 0.720. The van der Waals surface area contributed by atoms with E-state index in [2.05, 4.69) is 59.6 Å². The summed E-state index contributed by atoms with van der Waals surface area (Å²) in [7, 11) is 1.93. The highest BCUT2D eigenvalue weighted by Crippen LogP contribution is 2.38. The van der Waals surface area contributed by atoms with Crippen molar-refractivity contribution in [3.05, 3.63) is 60.8 Å². The quantitative estimate of drug-likeness (QED) is 0.869. The molecule has 0 bridgehead atoms. The fourth-order valence-corrected chi connectivity index (χ4v) is 3.00. The molecular formula is C18H20N4. The molecule has 0 N–H and O–H groups in total. The van der Waals surface area contributed by atoms with Gasteiger partial charge in [-0.1, -0.05) is 48.7 Å². The zero-order chi connectivity index (χ0) is 15.7. The van der Waals surface area contributed by atoms with E-state index in [9.17, 15) is 0 Å². The van der Waals surface area contributed by atoms with Crippen LogP contribution in [0.25, 0.3) is 16.8 Å². The SMILES string of the molecule is C=C/C1=C(\C=C)c2nnn(C)c2-c2ccccc2N(CC)C1. The van der Waals surface area contributed by atoms with Gasteiger partial charge < -0.3 is 4.90 Å². The summed E-state index contributed by atoms with van der Waals surface area (Å²) in [5.74, 6) is 0. The minimum atomic E-state index is 0.786. The second-order valence-corrected chi connectivity index (χ2v) is 5.29. The Morgan fingerprint density at radius 2 is 2.00 bits per heavy atom. The molecule has 1 aliphatic rings. The third-order valence-corrected chi connectivity index (χ3v) is 4.12. The standard InChI is InChI=1S/C18H20N4/c1-5-13-12-22(7-3)16-11-9-8-10-15(16)18-17(14(13)6-2)19-20-21(18)4/h5-6,8-11H,1-2,7,12H2,3-4H3/b14-13-. The third-order valence-electron chi connectivity index (χ3n) is 4.12. The summed E-state index contributed by atoms with van der Waals surface area (Å²) in [5, 5.41) is 8.61. The van der Waals surface area contributed by atoms with Crippen LogP contribution in [0.3, 0.4) is 0 Å². The molecule has 112 valence electrons. The first-order valence-corrected chi connectivity index (χ1v) is 7.43. The van der Waals surface area contributed by atoms with Crippen molar-refractivity contribution in [1.82, 2.24) is 15.0 Å². The van der Waals surface area contributed by atoms with Crippen LogP contribution >= 0.6 is 0 Å². The van der Waals surface area contributed by atoms with Gasteiger partial charge in [-0.15, -0.1) is 5.10 Å². The smallest absolute Gasteiger partial charge is 0.121 e. The maximum absolute atomic E-state index is 4.38. The van der Waals surface area contributed by atoms with Gasteiger partial charge >= 0.3 is 0 Å². The maximum Gasteiger partial charge on any atom is 0.121 e. The highest BCUT2D eigenvalue weighted by molar-refractivity contribution is 5.90.